The van der Waals surface area contributed by atoms with E-state index in [0.29, 0.717) is 45.3 Å². The summed E-state index contributed by atoms with van der Waals surface area (Å²) >= 11 is 6.38. The summed E-state index contributed by atoms with van der Waals surface area (Å²) in [4.78, 5) is 35.6. The number of carbonyl (C=O) groups is 1. The van der Waals surface area contributed by atoms with E-state index in [2.05, 4.69) is 26.1 Å². The summed E-state index contributed by atoms with van der Waals surface area (Å²) in [5, 5.41) is 4.91. The van der Waals surface area contributed by atoms with Gasteiger partial charge in [-0.15, -0.1) is 11.3 Å². The monoisotopic (exact) mass is 610 g/mol. The van der Waals surface area contributed by atoms with Gasteiger partial charge in [0.15, 0.2) is 4.80 Å². The average Bonchev–Trinajstić information content (AvgIpc) is 3.65. The second-order valence-electron chi connectivity index (χ2n) is 8.82. The molecular formula is C27H23BrN4O4S2. The van der Waals surface area contributed by atoms with Crippen molar-refractivity contribution in [3.05, 3.63) is 100.0 Å². The molecule has 1 fully saturated rings. The summed E-state index contributed by atoms with van der Waals surface area (Å²) in [6, 6.07) is 14.4. The molecule has 1 atom stereocenters. The Hall–Kier alpha value is -3.25. The lowest BCUT2D eigenvalue weighted by molar-refractivity contribution is -0.113. The zero-order valence-corrected chi connectivity index (χ0v) is 23.6. The van der Waals surface area contributed by atoms with Crippen molar-refractivity contribution in [3.63, 3.8) is 0 Å². The van der Waals surface area contributed by atoms with Crippen molar-refractivity contribution in [1.29, 1.82) is 0 Å². The van der Waals surface area contributed by atoms with Gasteiger partial charge in [-0.25, -0.2) is 4.99 Å². The number of anilines is 2. The highest BCUT2D eigenvalue weighted by molar-refractivity contribution is 9.10. The molecule has 5 heterocycles. The standard InChI is InChI=1S/C27H23BrN4O4S2/c1-16-22(24(33)30-17-6-3-2-4-7-17)23(20-8-5-13-37-20)32-25(34)21(38-27(32)29-16)15-18-14-19(28)26(36-18)31-9-11-35-12-10-31/h2-8,13-15,23H,9-12H2,1H3,(H,30,33)/b21-15+/t23-/m0/s1. The smallest absolute Gasteiger partial charge is 0.271 e. The number of carbonyl (C=O) groups excluding carboxylic acids is 1. The van der Waals surface area contributed by atoms with Gasteiger partial charge in [-0.3, -0.25) is 14.2 Å². The number of morpholine rings is 1. The van der Waals surface area contributed by atoms with Crippen molar-refractivity contribution in [3.8, 4) is 0 Å². The normalized spacial score (nSPS) is 17.9. The van der Waals surface area contributed by atoms with Crippen LogP contribution in [0.25, 0.3) is 6.08 Å². The van der Waals surface area contributed by atoms with Crippen molar-refractivity contribution in [2.75, 3.05) is 36.5 Å². The number of aromatic nitrogens is 1. The lowest BCUT2D eigenvalue weighted by Crippen LogP contribution is -2.40. The number of furan rings is 1. The molecule has 1 aromatic carbocycles. The first-order chi connectivity index (χ1) is 18.5. The highest BCUT2D eigenvalue weighted by Gasteiger charge is 2.33. The maximum atomic E-state index is 13.8. The zero-order valence-electron chi connectivity index (χ0n) is 20.3. The van der Waals surface area contributed by atoms with Gasteiger partial charge in [0.05, 0.1) is 33.5 Å². The lowest BCUT2D eigenvalue weighted by atomic mass is 10.0. The largest absolute Gasteiger partial charge is 0.440 e. The molecule has 0 saturated carbocycles. The van der Waals surface area contributed by atoms with E-state index in [1.54, 1.807) is 10.6 Å². The quantitative estimate of drug-likeness (QED) is 0.367. The first-order valence-corrected chi connectivity index (χ1v) is 14.5. The zero-order chi connectivity index (χ0) is 26.2. The fourth-order valence-corrected chi connectivity index (χ4v) is 7.01. The minimum atomic E-state index is -0.579. The fourth-order valence-electron chi connectivity index (χ4n) is 4.61. The summed E-state index contributed by atoms with van der Waals surface area (Å²) in [5.74, 6) is 1.00. The Morgan fingerprint density at radius 3 is 2.71 bits per heavy atom. The number of thiophene rings is 1. The second-order valence-corrected chi connectivity index (χ2v) is 11.7. The first kappa shape index (κ1) is 25.1. The van der Waals surface area contributed by atoms with E-state index in [1.165, 1.54) is 22.7 Å². The van der Waals surface area contributed by atoms with Crippen molar-refractivity contribution in [2.24, 2.45) is 4.99 Å². The predicted molar refractivity (Wildman–Crippen MR) is 153 cm³/mol. The van der Waals surface area contributed by atoms with Crippen LogP contribution in [-0.2, 0) is 9.53 Å². The molecular weight excluding hydrogens is 588 g/mol. The van der Waals surface area contributed by atoms with Gasteiger partial charge < -0.3 is 19.4 Å². The maximum Gasteiger partial charge on any atom is 0.271 e. The maximum absolute atomic E-state index is 13.8. The van der Waals surface area contributed by atoms with E-state index in [-0.39, 0.29) is 11.5 Å². The molecule has 6 rings (SSSR count). The number of hydrogen-bond acceptors (Lipinski definition) is 8. The van der Waals surface area contributed by atoms with Crippen LogP contribution >= 0.6 is 38.6 Å². The van der Waals surface area contributed by atoms with Crippen molar-refractivity contribution in [1.82, 2.24) is 4.57 Å². The molecule has 194 valence electrons. The molecule has 0 spiro atoms. The van der Waals surface area contributed by atoms with Crippen LogP contribution in [0.4, 0.5) is 11.6 Å². The number of nitrogens with one attached hydrogen (secondary N) is 1. The Labute approximate surface area is 234 Å². The number of thiazole rings is 1. The van der Waals surface area contributed by atoms with Gasteiger partial charge in [0.2, 0.25) is 5.88 Å². The Kier molecular flexibility index (Phi) is 6.91. The number of allylic oxidation sites excluding steroid dienone is 1. The highest BCUT2D eigenvalue weighted by Crippen LogP contribution is 2.34. The Morgan fingerprint density at radius 2 is 1.97 bits per heavy atom. The van der Waals surface area contributed by atoms with Gasteiger partial charge in [-0.1, -0.05) is 35.6 Å². The summed E-state index contributed by atoms with van der Waals surface area (Å²) in [5.41, 5.74) is 1.50. The van der Waals surface area contributed by atoms with Crippen LogP contribution in [0, 0.1) is 0 Å². The number of fused-ring (bicyclic) bond motifs is 1. The van der Waals surface area contributed by atoms with E-state index in [1.807, 2.05) is 60.8 Å². The van der Waals surface area contributed by atoms with E-state index < -0.39 is 6.04 Å². The topological polar surface area (TPSA) is 89.1 Å². The summed E-state index contributed by atoms with van der Waals surface area (Å²) in [6.07, 6.45) is 1.74. The third kappa shape index (κ3) is 4.71. The molecule has 1 amide bonds. The Morgan fingerprint density at radius 1 is 1.18 bits per heavy atom. The molecule has 3 aromatic heterocycles. The molecule has 0 radical (unpaired) electrons. The number of halogens is 1. The third-order valence-corrected chi connectivity index (χ3v) is 8.85. The van der Waals surface area contributed by atoms with Crippen LogP contribution in [0.5, 0.6) is 0 Å². The number of nitrogens with zero attached hydrogens (tertiary/aromatic N) is 3. The van der Waals surface area contributed by atoms with Crippen molar-refractivity contribution in [2.45, 2.75) is 13.0 Å². The van der Waals surface area contributed by atoms with Gasteiger partial charge in [-0.2, -0.15) is 0 Å². The van der Waals surface area contributed by atoms with Crippen LogP contribution in [0.2, 0.25) is 0 Å². The van der Waals surface area contributed by atoms with Gasteiger partial charge in [0, 0.05) is 35.8 Å². The number of benzene rings is 1. The predicted octanol–water partition coefficient (Wildman–Crippen LogP) is 4.13. The third-order valence-electron chi connectivity index (χ3n) is 6.37. The molecule has 8 nitrogen and oxygen atoms in total. The fraction of sp³-hybridized carbons (Fsp3) is 0.222. The van der Waals surface area contributed by atoms with Crippen LogP contribution in [0.15, 0.2) is 83.9 Å². The minimum Gasteiger partial charge on any atom is -0.440 e. The molecule has 2 aliphatic rings. The number of para-hydroxylation sites is 1. The van der Waals surface area contributed by atoms with Crippen molar-refractivity contribution >= 4 is 62.2 Å². The van der Waals surface area contributed by atoms with Crippen LogP contribution in [0.1, 0.15) is 23.6 Å². The molecule has 0 aliphatic carbocycles. The molecule has 1 N–H and O–H groups in total. The van der Waals surface area contributed by atoms with Gasteiger partial charge in [0.25, 0.3) is 11.5 Å². The van der Waals surface area contributed by atoms with Gasteiger partial charge in [0.1, 0.15) is 11.8 Å². The highest BCUT2D eigenvalue weighted by atomic mass is 79.9. The van der Waals surface area contributed by atoms with Crippen molar-refractivity contribution < 1.29 is 13.9 Å². The minimum absolute atomic E-state index is 0.217. The van der Waals surface area contributed by atoms with E-state index >= 15 is 0 Å². The summed E-state index contributed by atoms with van der Waals surface area (Å²) in [6.45, 7) is 4.58. The molecule has 1 saturated heterocycles. The molecule has 38 heavy (non-hydrogen) atoms. The first-order valence-electron chi connectivity index (χ1n) is 12.0. The number of hydrogen-bond donors (Lipinski definition) is 1. The number of amides is 1. The van der Waals surface area contributed by atoms with Gasteiger partial charge >= 0.3 is 0 Å². The average molecular weight is 612 g/mol. The van der Waals surface area contributed by atoms with E-state index in [9.17, 15) is 9.59 Å². The van der Waals surface area contributed by atoms with E-state index in [0.717, 1.165) is 28.3 Å². The van der Waals surface area contributed by atoms with Crippen LogP contribution in [-0.4, -0.2) is 36.8 Å². The lowest BCUT2D eigenvalue weighted by Gasteiger charge is -2.26. The molecule has 11 heteroatoms. The Bertz CT molecular complexity index is 1700. The van der Waals surface area contributed by atoms with Crippen LogP contribution in [0.3, 0.4) is 0 Å². The second kappa shape index (κ2) is 10.5. The SMILES string of the molecule is CC1=C(C(=O)Nc2ccccc2)[C@H](c2cccs2)n2c(s/c(=C/c3cc(Br)c(N4CCOCC4)o3)c2=O)=N1. The number of ether oxygens (including phenoxy) is 1. The van der Waals surface area contributed by atoms with Gasteiger partial charge in [-0.05, 0) is 46.4 Å². The summed E-state index contributed by atoms with van der Waals surface area (Å²) in [7, 11) is 0. The summed E-state index contributed by atoms with van der Waals surface area (Å²) < 4.78 is 14.5. The molecule has 4 aromatic rings. The van der Waals surface area contributed by atoms with Crippen LogP contribution < -0.4 is 25.1 Å². The molecule has 0 unspecified atom stereocenters. The Balaban J connectivity index is 1.42. The molecule has 2 aliphatic heterocycles. The number of rotatable bonds is 5. The molecule has 0 bridgehead atoms. The van der Waals surface area contributed by atoms with E-state index in [4.69, 9.17) is 14.1 Å².